The molecule has 9 nitrogen and oxygen atoms in total. The van der Waals surface area contributed by atoms with Gasteiger partial charge in [0, 0.05) is 18.8 Å². The standard InChI is InChI=1S/C29H45NO8/c1-8-17(4)13-25(31)37-23-12-11-21(16-24(23)38-26(32)14-18(5)9-2)22(27(30)28(33)34)15-20(7)36-29(35)19(6)10-3/h11-12,16-20,22,27H,8-10,13-15,30H2,1-7H3,(H,33,34)/t17?,18?,19?,20?,22?,27-/m0/s1. The van der Waals surface area contributed by atoms with Gasteiger partial charge in [-0.1, -0.05) is 60.5 Å². The molecule has 1 rings (SSSR count). The van der Waals surface area contributed by atoms with Gasteiger partial charge in [-0.2, -0.15) is 0 Å². The molecule has 1 aromatic rings. The van der Waals surface area contributed by atoms with Crippen LogP contribution in [-0.2, 0) is 23.9 Å². The minimum absolute atomic E-state index is 0.0140. The van der Waals surface area contributed by atoms with Crippen LogP contribution in [0.4, 0.5) is 0 Å². The highest BCUT2D eigenvalue weighted by molar-refractivity contribution is 5.77. The molecule has 0 aliphatic rings. The van der Waals surface area contributed by atoms with Crippen LogP contribution in [-0.4, -0.2) is 41.1 Å². The molecule has 6 atom stereocenters. The number of nitrogens with two attached hydrogens (primary N) is 1. The van der Waals surface area contributed by atoms with E-state index in [9.17, 15) is 24.3 Å². The van der Waals surface area contributed by atoms with E-state index in [1.54, 1.807) is 19.9 Å². The Balaban J connectivity index is 3.36. The highest BCUT2D eigenvalue weighted by atomic mass is 16.6. The SMILES string of the molecule is CCC(C)CC(=O)Oc1ccc(C(CC(C)OC(=O)C(C)CC)[C@H](N)C(=O)O)cc1OC(=O)CC(C)CC. The van der Waals surface area contributed by atoms with Gasteiger partial charge in [0.15, 0.2) is 11.5 Å². The summed E-state index contributed by atoms with van der Waals surface area (Å²) in [4.78, 5) is 49.2. The number of hydrogen-bond donors (Lipinski definition) is 2. The Labute approximate surface area is 226 Å². The fourth-order valence-corrected chi connectivity index (χ4v) is 3.65. The quantitative estimate of drug-likeness (QED) is 0.215. The van der Waals surface area contributed by atoms with Crippen molar-refractivity contribution in [2.24, 2.45) is 23.5 Å². The molecular formula is C29H45NO8. The first kappa shape index (κ1) is 33.1. The van der Waals surface area contributed by atoms with E-state index >= 15 is 0 Å². The predicted molar refractivity (Wildman–Crippen MR) is 144 cm³/mol. The minimum atomic E-state index is -1.32. The van der Waals surface area contributed by atoms with Crippen molar-refractivity contribution in [2.75, 3.05) is 0 Å². The van der Waals surface area contributed by atoms with Crippen molar-refractivity contribution < 1.29 is 38.5 Å². The predicted octanol–water partition coefficient (Wildman–Crippen LogP) is 5.23. The van der Waals surface area contributed by atoms with Crippen molar-refractivity contribution in [1.29, 1.82) is 0 Å². The maximum atomic E-state index is 12.6. The zero-order valence-corrected chi connectivity index (χ0v) is 23.8. The van der Waals surface area contributed by atoms with Gasteiger partial charge in [0.2, 0.25) is 0 Å². The van der Waals surface area contributed by atoms with Gasteiger partial charge in [0.05, 0.1) is 12.0 Å². The fourth-order valence-electron chi connectivity index (χ4n) is 3.65. The Bertz CT molecular complexity index is 947. The summed E-state index contributed by atoms with van der Waals surface area (Å²) < 4.78 is 16.7. The van der Waals surface area contributed by atoms with Crippen LogP contribution in [0.2, 0.25) is 0 Å². The van der Waals surface area contributed by atoms with Crippen LogP contribution in [0.1, 0.15) is 98.5 Å². The number of benzene rings is 1. The first-order chi connectivity index (χ1) is 17.8. The van der Waals surface area contributed by atoms with E-state index in [1.807, 2.05) is 34.6 Å². The van der Waals surface area contributed by atoms with Gasteiger partial charge in [-0.25, -0.2) is 0 Å². The third-order valence-corrected chi connectivity index (χ3v) is 6.90. The summed E-state index contributed by atoms with van der Waals surface area (Å²) in [5, 5.41) is 9.67. The molecule has 1 aromatic carbocycles. The molecule has 0 saturated carbocycles. The number of carbonyl (C=O) groups excluding carboxylic acids is 3. The molecule has 0 aliphatic carbocycles. The Kier molecular flexibility index (Phi) is 14.0. The van der Waals surface area contributed by atoms with Crippen molar-refractivity contribution in [3.8, 4) is 11.5 Å². The summed E-state index contributed by atoms with van der Waals surface area (Å²) in [5.41, 5.74) is 6.51. The molecule has 38 heavy (non-hydrogen) atoms. The van der Waals surface area contributed by atoms with Gasteiger partial charge >= 0.3 is 23.9 Å². The lowest BCUT2D eigenvalue weighted by atomic mass is 9.87. The molecule has 0 aliphatic heterocycles. The van der Waals surface area contributed by atoms with Gasteiger partial charge in [-0.3, -0.25) is 19.2 Å². The topological polar surface area (TPSA) is 142 Å². The lowest BCUT2D eigenvalue weighted by molar-refractivity contribution is -0.153. The molecule has 9 heteroatoms. The summed E-state index contributed by atoms with van der Waals surface area (Å²) in [6, 6.07) is 3.24. The van der Waals surface area contributed by atoms with Gasteiger partial charge in [0.1, 0.15) is 6.04 Å². The number of esters is 3. The molecule has 0 aromatic heterocycles. The van der Waals surface area contributed by atoms with Gasteiger partial charge in [0.25, 0.3) is 0 Å². The van der Waals surface area contributed by atoms with Crippen LogP contribution in [0.15, 0.2) is 18.2 Å². The van der Waals surface area contributed by atoms with Crippen LogP contribution < -0.4 is 15.2 Å². The molecule has 3 N–H and O–H groups in total. The summed E-state index contributed by atoms with van der Waals surface area (Å²) in [6.07, 6.45) is 2.09. The highest BCUT2D eigenvalue weighted by Gasteiger charge is 2.30. The number of carbonyl (C=O) groups is 4. The van der Waals surface area contributed by atoms with E-state index in [1.165, 1.54) is 12.1 Å². The van der Waals surface area contributed by atoms with Crippen LogP contribution in [0.25, 0.3) is 0 Å². The first-order valence-electron chi connectivity index (χ1n) is 13.6. The maximum absolute atomic E-state index is 12.6. The average Bonchev–Trinajstić information content (AvgIpc) is 2.86. The molecule has 0 spiro atoms. The van der Waals surface area contributed by atoms with E-state index < -0.39 is 36.0 Å². The number of ether oxygens (including phenoxy) is 3. The third-order valence-electron chi connectivity index (χ3n) is 6.90. The van der Waals surface area contributed by atoms with Crippen molar-refractivity contribution in [3.05, 3.63) is 23.8 Å². The van der Waals surface area contributed by atoms with Crippen LogP contribution in [0.3, 0.4) is 0 Å². The molecule has 214 valence electrons. The molecule has 0 fully saturated rings. The van der Waals surface area contributed by atoms with Gasteiger partial charge < -0.3 is 25.1 Å². The number of aliphatic carboxylic acids is 1. The monoisotopic (exact) mass is 535 g/mol. The first-order valence-corrected chi connectivity index (χ1v) is 13.6. The van der Waals surface area contributed by atoms with Crippen LogP contribution >= 0.6 is 0 Å². The Morgan fingerprint density at radius 2 is 1.37 bits per heavy atom. The Morgan fingerprint density at radius 1 is 0.842 bits per heavy atom. The molecule has 0 saturated heterocycles. The van der Waals surface area contributed by atoms with E-state index in [-0.39, 0.29) is 54.5 Å². The Morgan fingerprint density at radius 3 is 1.84 bits per heavy atom. The lowest BCUT2D eigenvalue weighted by Gasteiger charge is -2.26. The van der Waals surface area contributed by atoms with Crippen molar-refractivity contribution in [3.63, 3.8) is 0 Å². The zero-order chi connectivity index (χ0) is 29.0. The van der Waals surface area contributed by atoms with Crippen LogP contribution in [0.5, 0.6) is 11.5 Å². The molecule has 0 amide bonds. The second-order valence-corrected chi connectivity index (χ2v) is 10.4. The average molecular weight is 536 g/mol. The van der Waals surface area contributed by atoms with Crippen molar-refractivity contribution in [2.45, 2.75) is 105 Å². The maximum Gasteiger partial charge on any atom is 0.321 e. The largest absolute Gasteiger partial charge is 0.480 e. The number of carboxylic acid groups (broad SMARTS) is 1. The summed E-state index contributed by atoms with van der Waals surface area (Å²) in [5.74, 6) is -3.32. The van der Waals surface area contributed by atoms with Gasteiger partial charge in [-0.05, 0) is 49.3 Å². The van der Waals surface area contributed by atoms with E-state index in [4.69, 9.17) is 19.9 Å². The molecule has 5 unspecified atom stereocenters. The number of rotatable bonds is 16. The molecule has 0 heterocycles. The number of hydrogen-bond acceptors (Lipinski definition) is 8. The van der Waals surface area contributed by atoms with E-state index in [0.717, 1.165) is 12.8 Å². The lowest BCUT2D eigenvalue weighted by Crippen LogP contribution is -2.38. The second kappa shape index (κ2) is 16.1. The van der Waals surface area contributed by atoms with E-state index in [0.29, 0.717) is 12.0 Å². The normalized spacial score (nSPS) is 15.9. The van der Waals surface area contributed by atoms with Gasteiger partial charge in [-0.15, -0.1) is 0 Å². The molecule has 0 radical (unpaired) electrons. The summed E-state index contributed by atoms with van der Waals surface area (Å²) in [6.45, 7) is 13.1. The molecular weight excluding hydrogens is 490 g/mol. The Hall–Kier alpha value is -2.94. The highest BCUT2D eigenvalue weighted by Crippen LogP contribution is 2.35. The van der Waals surface area contributed by atoms with E-state index in [2.05, 4.69) is 0 Å². The second-order valence-electron chi connectivity index (χ2n) is 10.4. The zero-order valence-electron chi connectivity index (χ0n) is 23.8. The minimum Gasteiger partial charge on any atom is -0.480 e. The van der Waals surface area contributed by atoms with Crippen LogP contribution in [0, 0.1) is 17.8 Å². The third kappa shape index (κ3) is 10.8. The number of carboxylic acids is 1. The molecule has 0 bridgehead atoms. The fraction of sp³-hybridized carbons (Fsp3) is 0.655. The smallest absolute Gasteiger partial charge is 0.321 e. The van der Waals surface area contributed by atoms with Crippen molar-refractivity contribution >= 4 is 23.9 Å². The van der Waals surface area contributed by atoms with Crippen molar-refractivity contribution in [1.82, 2.24) is 0 Å². The summed E-state index contributed by atoms with van der Waals surface area (Å²) >= 11 is 0. The summed E-state index contributed by atoms with van der Waals surface area (Å²) in [7, 11) is 0.